The molecule has 1 aromatic heterocycles. The summed E-state index contributed by atoms with van der Waals surface area (Å²) >= 11 is 0. The summed E-state index contributed by atoms with van der Waals surface area (Å²) in [5.74, 6) is -3.51. The Bertz CT molecular complexity index is 1470. The lowest BCUT2D eigenvalue weighted by atomic mass is 9.98. The van der Waals surface area contributed by atoms with Crippen LogP contribution in [-0.4, -0.2) is 21.5 Å². The summed E-state index contributed by atoms with van der Waals surface area (Å²) in [5, 5.41) is 16.8. The second-order valence-corrected chi connectivity index (χ2v) is 8.18. The maximum absolute atomic E-state index is 13.5. The van der Waals surface area contributed by atoms with Crippen LogP contribution in [0.2, 0.25) is 0 Å². The minimum absolute atomic E-state index is 0.105. The van der Waals surface area contributed by atoms with E-state index in [9.17, 15) is 19.2 Å². The molecule has 0 radical (unpaired) electrons. The number of nitriles is 1. The Morgan fingerprint density at radius 3 is 2.53 bits per heavy atom. The average molecular weight is 450 g/mol. The van der Waals surface area contributed by atoms with Crippen molar-refractivity contribution in [3.05, 3.63) is 101 Å². The first kappa shape index (κ1) is 21.3. The molecule has 0 aliphatic heterocycles. The summed E-state index contributed by atoms with van der Waals surface area (Å²) in [6, 6.07) is 22.4. The van der Waals surface area contributed by atoms with Gasteiger partial charge < -0.3 is 5.32 Å². The van der Waals surface area contributed by atoms with Crippen molar-refractivity contribution in [2.75, 3.05) is 5.32 Å². The van der Waals surface area contributed by atoms with Gasteiger partial charge in [-0.1, -0.05) is 35.9 Å². The van der Waals surface area contributed by atoms with Gasteiger partial charge in [0.15, 0.2) is 5.92 Å². The largest absolute Gasteiger partial charge is 0.325 e. The number of anilines is 1. The van der Waals surface area contributed by atoms with Gasteiger partial charge in [-0.15, -0.1) is 0 Å². The Kier molecular flexibility index (Phi) is 5.27. The number of Topliss-reactive ketones (excluding diaryl/α,β-unsaturated/α-hetero) is 1. The number of para-hydroxylation sites is 1. The lowest BCUT2D eigenvalue weighted by Gasteiger charge is -2.10. The Morgan fingerprint density at radius 1 is 1.09 bits per heavy atom. The number of hydrogen-bond acceptors (Lipinski definition) is 4. The lowest BCUT2D eigenvalue weighted by molar-refractivity contribution is -0.117. The Labute approximate surface area is 195 Å². The molecule has 166 valence electrons. The molecule has 0 saturated heterocycles. The monoisotopic (exact) mass is 450 g/mol. The third-order valence-corrected chi connectivity index (χ3v) is 5.87. The normalized spacial score (nSPS) is 12.4. The molecule has 1 heterocycles. The molecule has 1 atom stereocenters. The van der Waals surface area contributed by atoms with Crippen LogP contribution in [0.25, 0.3) is 16.9 Å². The van der Waals surface area contributed by atoms with Gasteiger partial charge in [0.05, 0.1) is 17.5 Å². The molecule has 4 aromatic rings. The SMILES string of the molecule is Cc1ccc2c(c1)-c1c(c(C(=O)C(C#N)C(=O)Nc3ccc(F)cc3)nn1-c1ccccc1)C2. The van der Waals surface area contributed by atoms with E-state index in [0.29, 0.717) is 17.7 Å². The van der Waals surface area contributed by atoms with Crippen molar-refractivity contribution < 1.29 is 14.0 Å². The fourth-order valence-corrected chi connectivity index (χ4v) is 4.22. The number of aryl methyl sites for hydroxylation is 1. The van der Waals surface area contributed by atoms with E-state index in [0.717, 1.165) is 28.1 Å². The Hall–Kier alpha value is -4.57. The van der Waals surface area contributed by atoms with E-state index >= 15 is 0 Å². The summed E-state index contributed by atoms with van der Waals surface area (Å²) in [4.78, 5) is 26.3. The fraction of sp³-hybridized carbons (Fsp3) is 0.111. The van der Waals surface area contributed by atoms with Gasteiger partial charge in [-0.25, -0.2) is 9.07 Å². The molecule has 1 aliphatic carbocycles. The molecule has 6 nitrogen and oxygen atoms in total. The van der Waals surface area contributed by atoms with Crippen molar-refractivity contribution in [1.82, 2.24) is 9.78 Å². The average Bonchev–Trinajstić information content (AvgIpc) is 3.39. The third kappa shape index (κ3) is 3.65. The number of hydrogen-bond donors (Lipinski definition) is 1. The molecule has 1 amide bonds. The molecule has 0 bridgehead atoms. The second kappa shape index (κ2) is 8.41. The molecule has 1 unspecified atom stereocenters. The maximum Gasteiger partial charge on any atom is 0.249 e. The topological polar surface area (TPSA) is 87.8 Å². The molecule has 0 fully saturated rings. The molecule has 7 heteroatoms. The molecular formula is C27H19FN4O2. The highest BCUT2D eigenvalue weighted by Crippen LogP contribution is 2.40. The molecule has 1 aliphatic rings. The van der Waals surface area contributed by atoms with Gasteiger partial charge in [-0.3, -0.25) is 9.59 Å². The number of aromatic nitrogens is 2. The quantitative estimate of drug-likeness (QED) is 0.306. The highest BCUT2D eigenvalue weighted by Gasteiger charge is 2.36. The first-order chi connectivity index (χ1) is 16.5. The van der Waals surface area contributed by atoms with Crippen LogP contribution in [0.5, 0.6) is 0 Å². The number of carbonyl (C=O) groups is 2. The van der Waals surface area contributed by atoms with E-state index in [-0.39, 0.29) is 5.69 Å². The summed E-state index contributed by atoms with van der Waals surface area (Å²) < 4.78 is 14.9. The van der Waals surface area contributed by atoms with E-state index < -0.39 is 23.4 Å². The Balaban J connectivity index is 1.56. The van der Waals surface area contributed by atoms with Crippen LogP contribution in [0.4, 0.5) is 10.1 Å². The van der Waals surface area contributed by atoms with Crippen molar-refractivity contribution in [2.45, 2.75) is 13.3 Å². The van der Waals surface area contributed by atoms with Gasteiger partial charge >= 0.3 is 0 Å². The number of carbonyl (C=O) groups excluding carboxylic acids is 2. The zero-order valence-corrected chi connectivity index (χ0v) is 18.2. The van der Waals surface area contributed by atoms with Gasteiger partial charge in [0.1, 0.15) is 11.5 Å². The number of nitrogens with one attached hydrogen (secondary N) is 1. The first-order valence-corrected chi connectivity index (χ1v) is 10.7. The van der Waals surface area contributed by atoms with Crippen molar-refractivity contribution in [2.24, 2.45) is 5.92 Å². The van der Waals surface area contributed by atoms with Crippen LogP contribution in [0.15, 0.2) is 72.8 Å². The lowest BCUT2D eigenvalue weighted by Crippen LogP contribution is -2.29. The van der Waals surface area contributed by atoms with Crippen LogP contribution < -0.4 is 5.32 Å². The van der Waals surface area contributed by atoms with Crippen LogP contribution in [0.1, 0.15) is 27.2 Å². The van der Waals surface area contributed by atoms with Crippen LogP contribution in [-0.2, 0) is 11.2 Å². The van der Waals surface area contributed by atoms with Gasteiger partial charge in [0.2, 0.25) is 11.7 Å². The number of rotatable bonds is 5. The van der Waals surface area contributed by atoms with E-state index in [4.69, 9.17) is 0 Å². The zero-order valence-electron chi connectivity index (χ0n) is 18.2. The van der Waals surface area contributed by atoms with E-state index in [2.05, 4.69) is 16.5 Å². The molecule has 3 aromatic carbocycles. The van der Waals surface area contributed by atoms with Gasteiger partial charge in [-0.2, -0.15) is 10.4 Å². The summed E-state index contributed by atoms with van der Waals surface area (Å²) in [6.45, 7) is 2.00. The zero-order chi connectivity index (χ0) is 23.8. The maximum atomic E-state index is 13.5. The molecule has 0 saturated carbocycles. The molecule has 5 rings (SSSR count). The highest BCUT2D eigenvalue weighted by atomic mass is 19.1. The number of halogens is 1. The number of benzene rings is 3. The van der Waals surface area contributed by atoms with Crippen LogP contribution >= 0.6 is 0 Å². The molecule has 34 heavy (non-hydrogen) atoms. The summed E-state index contributed by atoms with van der Waals surface area (Å²) in [7, 11) is 0. The van der Waals surface area contributed by atoms with Gasteiger partial charge in [0.25, 0.3) is 0 Å². The van der Waals surface area contributed by atoms with E-state index in [1.807, 2.05) is 55.5 Å². The van der Waals surface area contributed by atoms with E-state index in [1.165, 1.54) is 24.3 Å². The number of amides is 1. The third-order valence-electron chi connectivity index (χ3n) is 5.87. The minimum Gasteiger partial charge on any atom is -0.325 e. The summed E-state index contributed by atoms with van der Waals surface area (Å²) in [5.41, 5.74) is 5.78. The van der Waals surface area contributed by atoms with E-state index in [1.54, 1.807) is 4.68 Å². The number of ketones is 1. The molecular weight excluding hydrogens is 431 g/mol. The first-order valence-electron chi connectivity index (χ1n) is 10.7. The van der Waals surface area contributed by atoms with Crippen molar-refractivity contribution in [1.29, 1.82) is 5.26 Å². The fourth-order valence-electron chi connectivity index (χ4n) is 4.22. The molecule has 0 spiro atoms. The predicted molar refractivity (Wildman–Crippen MR) is 125 cm³/mol. The smallest absolute Gasteiger partial charge is 0.249 e. The second-order valence-electron chi connectivity index (χ2n) is 8.18. The highest BCUT2D eigenvalue weighted by molar-refractivity contribution is 6.16. The van der Waals surface area contributed by atoms with Crippen molar-refractivity contribution >= 4 is 17.4 Å². The van der Waals surface area contributed by atoms with Crippen LogP contribution in [0.3, 0.4) is 0 Å². The minimum atomic E-state index is -1.60. The van der Waals surface area contributed by atoms with Gasteiger partial charge in [-0.05, 0) is 55.0 Å². The van der Waals surface area contributed by atoms with Crippen LogP contribution in [0, 0.1) is 30.0 Å². The Morgan fingerprint density at radius 2 is 1.82 bits per heavy atom. The van der Waals surface area contributed by atoms with Gasteiger partial charge in [0, 0.05) is 23.2 Å². The molecule has 1 N–H and O–H groups in total. The van der Waals surface area contributed by atoms with Crippen molar-refractivity contribution in [3.8, 4) is 23.0 Å². The standard InChI is InChI=1S/C27H19FN4O2/c1-16-7-8-17-14-22-24(31-32(25(22)21(17)13-16)20-5-3-2-4-6-20)26(33)23(15-29)27(34)30-19-11-9-18(28)10-12-19/h2-13,23H,14H2,1H3,(H,30,34). The number of nitrogens with zero attached hydrogens (tertiary/aromatic N) is 3. The predicted octanol–water partition coefficient (Wildman–Crippen LogP) is 4.85. The van der Waals surface area contributed by atoms with Crippen molar-refractivity contribution in [3.63, 3.8) is 0 Å². The number of fused-ring (bicyclic) bond motifs is 3. The summed E-state index contributed by atoms with van der Waals surface area (Å²) in [6.07, 6.45) is 0.483.